The second-order valence-electron chi connectivity index (χ2n) is 5.62. The van der Waals surface area contributed by atoms with Gasteiger partial charge in [0.2, 0.25) is 5.91 Å². The molecule has 6 heteroatoms. The number of para-hydroxylation sites is 1. The standard InChI is InChI=1S/C19H23N3O2.ClH/c1-14-7-9-15(10-8-14)13-21-19(24)16-5-3-4-6-17(16)22-18(23)11-12-20-2;/h3-10,20H,11-13H2,1-2H3,(H,21,24)(H,22,23);1H. The van der Waals surface area contributed by atoms with Gasteiger partial charge in [-0.3, -0.25) is 9.59 Å². The van der Waals surface area contributed by atoms with Gasteiger partial charge in [-0.15, -0.1) is 12.4 Å². The number of carbonyl (C=O) groups is 2. The van der Waals surface area contributed by atoms with Gasteiger partial charge in [-0.1, -0.05) is 42.0 Å². The van der Waals surface area contributed by atoms with Crippen molar-refractivity contribution >= 4 is 29.9 Å². The Balaban J connectivity index is 0.00000312. The van der Waals surface area contributed by atoms with Crippen LogP contribution in [0.15, 0.2) is 48.5 Å². The lowest BCUT2D eigenvalue weighted by Gasteiger charge is -2.11. The van der Waals surface area contributed by atoms with Crippen LogP contribution in [0.4, 0.5) is 5.69 Å². The highest BCUT2D eigenvalue weighted by atomic mass is 35.5. The zero-order valence-electron chi connectivity index (χ0n) is 14.5. The number of carbonyl (C=O) groups excluding carboxylic acids is 2. The minimum Gasteiger partial charge on any atom is -0.348 e. The van der Waals surface area contributed by atoms with Gasteiger partial charge in [0, 0.05) is 19.5 Å². The third-order valence-corrected chi connectivity index (χ3v) is 3.62. The van der Waals surface area contributed by atoms with Crippen LogP contribution in [0.5, 0.6) is 0 Å². The molecule has 5 nitrogen and oxygen atoms in total. The SMILES string of the molecule is CNCCC(=O)Nc1ccccc1C(=O)NCc1ccc(C)cc1.Cl. The first-order chi connectivity index (χ1) is 11.6. The smallest absolute Gasteiger partial charge is 0.253 e. The number of halogens is 1. The van der Waals surface area contributed by atoms with Gasteiger partial charge in [-0.05, 0) is 31.7 Å². The monoisotopic (exact) mass is 361 g/mol. The molecule has 25 heavy (non-hydrogen) atoms. The number of aryl methyl sites for hydroxylation is 1. The van der Waals surface area contributed by atoms with Crippen molar-refractivity contribution in [2.45, 2.75) is 19.9 Å². The number of benzene rings is 2. The molecule has 2 aromatic carbocycles. The van der Waals surface area contributed by atoms with E-state index in [1.165, 1.54) is 5.56 Å². The second kappa shape index (κ2) is 10.5. The Morgan fingerprint density at radius 3 is 2.36 bits per heavy atom. The van der Waals surface area contributed by atoms with Gasteiger partial charge >= 0.3 is 0 Å². The highest BCUT2D eigenvalue weighted by molar-refractivity contribution is 6.03. The van der Waals surface area contributed by atoms with E-state index in [2.05, 4.69) is 16.0 Å². The molecule has 0 saturated heterocycles. The van der Waals surface area contributed by atoms with E-state index in [4.69, 9.17) is 0 Å². The molecule has 0 aliphatic carbocycles. The minimum atomic E-state index is -0.208. The van der Waals surface area contributed by atoms with Gasteiger partial charge in [0.15, 0.2) is 0 Å². The molecular weight excluding hydrogens is 338 g/mol. The highest BCUT2D eigenvalue weighted by Gasteiger charge is 2.12. The Labute approximate surface area is 154 Å². The molecule has 0 saturated carbocycles. The van der Waals surface area contributed by atoms with Crippen LogP contribution in [0.2, 0.25) is 0 Å². The van der Waals surface area contributed by atoms with Gasteiger partial charge in [0.05, 0.1) is 11.3 Å². The Morgan fingerprint density at radius 1 is 1.00 bits per heavy atom. The summed E-state index contributed by atoms with van der Waals surface area (Å²) in [6.45, 7) is 3.06. The van der Waals surface area contributed by atoms with Crippen molar-refractivity contribution in [3.63, 3.8) is 0 Å². The largest absolute Gasteiger partial charge is 0.348 e. The van der Waals surface area contributed by atoms with E-state index >= 15 is 0 Å². The van der Waals surface area contributed by atoms with E-state index in [9.17, 15) is 9.59 Å². The summed E-state index contributed by atoms with van der Waals surface area (Å²) < 4.78 is 0. The minimum absolute atomic E-state index is 0. The maximum Gasteiger partial charge on any atom is 0.253 e. The number of anilines is 1. The van der Waals surface area contributed by atoms with Crippen LogP contribution in [-0.4, -0.2) is 25.4 Å². The zero-order chi connectivity index (χ0) is 17.4. The molecule has 3 N–H and O–H groups in total. The normalized spacial score (nSPS) is 9.84. The van der Waals surface area contributed by atoms with Crippen molar-refractivity contribution in [2.24, 2.45) is 0 Å². The van der Waals surface area contributed by atoms with Crippen molar-refractivity contribution in [2.75, 3.05) is 18.9 Å². The summed E-state index contributed by atoms with van der Waals surface area (Å²) in [4.78, 5) is 24.3. The number of amides is 2. The maximum absolute atomic E-state index is 12.4. The molecule has 134 valence electrons. The molecule has 2 amide bonds. The lowest BCUT2D eigenvalue weighted by Crippen LogP contribution is -2.25. The van der Waals surface area contributed by atoms with Gasteiger partial charge in [0.25, 0.3) is 5.91 Å². The molecule has 0 aliphatic rings. The lowest BCUT2D eigenvalue weighted by atomic mass is 10.1. The Hall–Kier alpha value is -2.37. The summed E-state index contributed by atoms with van der Waals surface area (Å²) in [7, 11) is 1.79. The molecule has 2 aromatic rings. The fourth-order valence-electron chi connectivity index (χ4n) is 2.22. The number of hydrogen-bond donors (Lipinski definition) is 3. The Kier molecular flexibility index (Phi) is 8.67. The molecule has 0 spiro atoms. The van der Waals surface area contributed by atoms with Gasteiger partial charge in [-0.2, -0.15) is 0 Å². The summed E-state index contributed by atoms with van der Waals surface area (Å²) >= 11 is 0. The van der Waals surface area contributed by atoms with E-state index in [0.717, 1.165) is 5.56 Å². The van der Waals surface area contributed by atoms with Crippen molar-refractivity contribution in [3.05, 3.63) is 65.2 Å². The van der Waals surface area contributed by atoms with Gasteiger partial charge in [-0.25, -0.2) is 0 Å². The van der Waals surface area contributed by atoms with Crippen LogP contribution >= 0.6 is 12.4 Å². The summed E-state index contributed by atoms with van der Waals surface area (Å²) in [5.41, 5.74) is 3.20. The molecular formula is C19H24ClN3O2. The molecule has 0 heterocycles. The fourth-order valence-corrected chi connectivity index (χ4v) is 2.22. The lowest BCUT2D eigenvalue weighted by molar-refractivity contribution is -0.116. The molecule has 0 radical (unpaired) electrons. The molecule has 0 aromatic heterocycles. The first-order valence-electron chi connectivity index (χ1n) is 7.97. The third kappa shape index (κ3) is 6.57. The average Bonchev–Trinajstić information content (AvgIpc) is 2.59. The molecule has 0 fully saturated rings. The van der Waals surface area contributed by atoms with Crippen LogP contribution < -0.4 is 16.0 Å². The topological polar surface area (TPSA) is 70.2 Å². The Morgan fingerprint density at radius 2 is 1.68 bits per heavy atom. The van der Waals surface area contributed by atoms with Crippen LogP contribution in [0, 0.1) is 6.92 Å². The molecule has 0 aliphatic heterocycles. The van der Waals surface area contributed by atoms with E-state index < -0.39 is 0 Å². The van der Waals surface area contributed by atoms with Crippen molar-refractivity contribution in [3.8, 4) is 0 Å². The maximum atomic E-state index is 12.4. The third-order valence-electron chi connectivity index (χ3n) is 3.62. The first kappa shape index (κ1) is 20.7. The van der Waals surface area contributed by atoms with Crippen molar-refractivity contribution in [1.29, 1.82) is 0 Å². The van der Waals surface area contributed by atoms with E-state index in [1.54, 1.807) is 31.3 Å². The van der Waals surface area contributed by atoms with Gasteiger partial charge < -0.3 is 16.0 Å². The first-order valence-corrected chi connectivity index (χ1v) is 7.97. The summed E-state index contributed by atoms with van der Waals surface area (Å²) in [5.74, 6) is -0.330. The summed E-state index contributed by atoms with van der Waals surface area (Å²) in [6, 6.07) is 15.0. The number of rotatable bonds is 7. The summed E-state index contributed by atoms with van der Waals surface area (Å²) in [5, 5.41) is 8.61. The van der Waals surface area contributed by atoms with E-state index in [1.807, 2.05) is 31.2 Å². The van der Waals surface area contributed by atoms with Crippen LogP contribution in [0.1, 0.15) is 27.9 Å². The highest BCUT2D eigenvalue weighted by Crippen LogP contribution is 2.15. The van der Waals surface area contributed by atoms with Crippen LogP contribution in [-0.2, 0) is 11.3 Å². The molecule has 0 atom stereocenters. The predicted molar refractivity (Wildman–Crippen MR) is 103 cm³/mol. The fraction of sp³-hybridized carbons (Fsp3) is 0.263. The summed E-state index contributed by atoms with van der Waals surface area (Å²) in [6.07, 6.45) is 0.357. The zero-order valence-corrected chi connectivity index (χ0v) is 15.3. The predicted octanol–water partition coefficient (Wildman–Crippen LogP) is 2.89. The average molecular weight is 362 g/mol. The van der Waals surface area contributed by atoms with Gasteiger partial charge in [0.1, 0.15) is 0 Å². The van der Waals surface area contributed by atoms with E-state index in [-0.39, 0.29) is 24.2 Å². The number of nitrogens with one attached hydrogen (secondary N) is 3. The second-order valence-corrected chi connectivity index (χ2v) is 5.62. The van der Waals surface area contributed by atoms with Crippen molar-refractivity contribution in [1.82, 2.24) is 10.6 Å². The van der Waals surface area contributed by atoms with Crippen LogP contribution in [0.3, 0.4) is 0 Å². The number of hydrogen-bond acceptors (Lipinski definition) is 3. The molecule has 0 bridgehead atoms. The van der Waals surface area contributed by atoms with Crippen LogP contribution in [0.25, 0.3) is 0 Å². The van der Waals surface area contributed by atoms with E-state index in [0.29, 0.717) is 30.8 Å². The van der Waals surface area contributed by atoms with Crippen molar-refractivity contribution < 1.29 is 9.59 Å². The molecule has 2 rings (SSSR count). The Bertz CT molecular complexity index is 702. The quantitative estimate of drug-likeness (QED) is 0.710. The molecule has 0 unspecified atom stereocenters.